The first-order chi connectivity index (χ1) is 12.9. The van der Waals surface area contributed by atoms with Crippen molar-refractivity contribution in [2.24, 2.45) is 5.92 Å². The lowest BCUT2D eigenvalue weighted by molar-refractivity contribution is -0.385. The van der Waals surface area contributed by atoms with Crippen molar-refractivity contribution in [2.45, 2.75) is 31.8 Å². The second-order valence-electron chi connectivity index (χ2n) is 6.58. The Morgan fingerprint density at radius 2 is 1.41 bits per heavy atom. The number of Topliss-reactive ketones (excluding diaryl/α,β-unsaturated/α-hetero) is 1. The van der Waals surface area contributed by atoms with Crippen molar-refractivity contribution in [3.8, 4) is 0 Å². The molecule has 1 heterocycles. The Bertz CT molecular complexity index is 864. The predicted octanol–water partition coefficient (Wildman–Crippen LogP) is 3.87. The second-order valence-corrected chi connectivity index (χ2v) is 6.58. The third-order valence-corrected chi connectivity index (χ3v) is 5.01. The number of nitro benzene ring substituents is 2. The third kappa shape index (κ3) is 3.85. The van der Waals surface area contributed by atoms with Crippen LogP contribution in [0.3, 0.4) is 0 Å². The molecule has 1 N–H and O–H groups in total. The molecule has 1 saturated heterocycles. The lowest BCUT2D eigenvalue weighted by Gasteiger charge is -2.36. The Balaban J connectivity index is 1.88. The largest absolute Gasteiger partial charge is 0.302 e. The van der Waals surface area contributed by atoms with Crippen LogP contribution in [0.1, 0.15) is 43.0 Å². The van der Waals surface area contributed by atoms with Gasteiger partial charge in [-0.05, 0) is 17.5 Å². The van der Waals surface area contributed by atoms with Gasteiger partial charge in [0.2, 0.25) is 0 Å². The van der Waals surface area contributed by atoms with Crippen LogP contribution in [-0.4, -0.2) is 15.6 Å². The number of nitrogens with one attached hydrogen (secondary N) is 1. The number of carbonyl (C=O) groups is 1. The summed E-state index contributed by atoms with van der Waals surface area (Å²) in [5.74, 6) is -0.108. The van der Waals surface area contributed by atoms with Crippen molar-refractivity contribution in [1.29, 1.82) is 0 Å². The minimum Gasteiger partial charge on any atom is -0.302 e. The van der Waals surface area contributed by atoms with Crippen molar-refractivity contribution < 1.29 is 14.6 Å². The van der Waals surface area contributed by atoms with Gasteiger partial charge in [-0.25, -0.2) is 0 Å². The highest BCUT2D eigenvalue weighted by atomic mass is 16.6. The van der Waals surface area contributed by atoms with Gasteiger partial charge < -0.3 is 5.32 Å². The van der Waals surface area contributed by atoms with Crippen molar-refractivity contribution >= 4 is 17.2 Å². The standard InChI is InChI=1S/C19H19N3O5/c1-2-16-18(23)11-17(12-3-7-14(8-4-12)21(24)25)20-19(16)13-5-9-15(10-6-13)22(26)27/h3-10,16-17,19-20H,2,11H2,1H3/t16-,17+,19+/m1/s1. The van der Waals surface area contributed by atoms with Crippen LogP contribution < -0.4 is 5.32 Å². The van der Waals surface area contributed by atoms with Gasteiger partial charge in [0.15, 0.2) is 0 Å². The maximum atomic E-state index is 12.7. The van der Waals surface area contributed by atoms with Crippen molar-refractivity contribution in [2.75, 3.05) is 0 Å². The summed E-state index contributed by atoms with van der Waals surface area (Å²) in [7, 11) is 0. The Kier molecular flexibility index (Phi) is 5.27. The predicted molar refractivity (Wildman–Crippen MR) is 98.2 cm³/mol. The second kappa shape index (κ2) is 7.63. The first-order valence-corrected chi connectivity index (χ1v) is 8.68. The van der Waals surface area contributed by atoms with Crippen LogP contribution in [0.4, 0.5) is 11.4 Å². The molecule has 0 radical (unpaired) electrons. The fourth-order valence-electron chi connectivity index (χ4n) is 3.57. The molecule has 27 heavy (non-hydrogen) atoms. The summed E-state index contributed by atoms with van der Waals surface area (Å²) in [6.07, 6.45) is 0.959. The summed E-state index contributed by atoms with van der Waals surface area (Å²) in [6, 6.07) is 11.8. The summed E-state index contributed by atoms with van der Waals surface area (Å²) in [6.45, 7) is 1.94. The van der Waals surface area contributed by atoms with E-state index in [1.54, 1.807) is 24.3 Å². The van der Waals surface area contributed by atoms with Crippen LogP contribution in [0.25, 0.3) is 0 Å². The SMILES string of the molecule is CC[C@@H]1C(=O)C[C@@H](c2ccc([N+](=O)[O-])cc2)N[C@H]1c1ccc([N+](=O)[O-])cc1. The van der Waals surface area contributed by atoms with E-state index >= 15 is 0 Å². The topological polar surface area (TPSA) is 115 Å². The molecular formula is C19H19N3O5. The van der Waals surface area contributed by atoms with Gasteiger partial charge in [0, 0.05) is 48.7 Å². The van der Waals surface area contributed by atoms with Crippen LogP contribution >= 0.6 is 0 Å². The van der Waals surface area contributed by atoms with Crippen LogP contribution in [-0.2, 0) is 4.79 Å². The number of ketones is 1. The van der Waals surface area contributed by atoms with Crippen LogP contribution in [0.15, 0.2) is 48.5 Å². The average Bonchev–Trinajstić information content (AvgIpc) is 2.67. The van der Waals surface area contributed by atoms with E-state index in [2.05, 4.69) is 5.32 Å². The van der Waals surface area contributed by atoms with Gasteiger partial charge in [-0.1, -0.05) is 31.2 Å². The Hall–Kier alpha value is -3.13. The van der Waals surface area contributed by atoms with E-state index in [0.29, 0.717) is 12.8 Å². The van der Waals surface area contributed by atoms with Crippen LogP contribution in [0.2, 0.25) is 0 Å². The number of non-ortho nitro benzene ring substituents is 2. The zero-order valence-electron chi connectivity index (χ0n) is 14.7. The quantitative estimate of drug-likeness (QED) is 0.632. The maximum absolute atomic E-state index is 12.7. The zero-order valence-corrected chi connectivity index (χ0v) is 14.7. The van der Waals surface area contributed by atoms with Gasteiger partial charge >= 0.3 is 0 Å². The van der Waals surface area contributed by atoms with Gasteiger partial charge in [-0.3, -0.25) is 25.0 Å². The third-order valence-electron chi connectivity index (χ3n) is 5.01. The molecule has 0 amide bonds. The highest BCUT2D eigenvalue weighted by Gasteiger charge is 2.36. The molecule has 3 rings (SSSR count). The van der Waals surface area contributed by atoms with Gasteiger partial charge in [0.1, 0.15) is 5.78 Å². The lowest BCUT2D eigenvalue weighted by atomic mass is 9.79. The summed E-state index contributed by atoms with van der Waals surface area (Å²) in [5.41, 5.74) is 1.61. The minimum absolute atomic E-state index is 0.000704. The van der Waals surface area contributed by atoms with Gasteiger partial charge in [0.25, 0.3) is 11.4 Å². The lowest BCUT2D eigenvalue weighted by Crippen LogP contribution is -2.42. The Labute approximate surface area is 155 Å². The number of nitrogens with zero attached hydrogens (tertiary/aromatic N) is 2. The molecule has 0 spiro atoms. The fourth-order valence-corrected chi connectivity index (χ4v) is 3.57. The van der Waals surface area contributed by atoms with Gasteiger partial charge in [-0.15, -0.1) is 0 Å². The number of benzene rings is 2. The van der Waals surface area contributed by atoms with Crippen LogP contribution in [0, 0.1) is 26.1 Å². The summed E-state index contributed by atoms with van der Waals surface area (Å²) in [4.78, 5) is 33.5. The maximum Gasteiger partial charge on any atom is 0.269 e. The molecule has 0 aromatic heterocycles. The van der Waals surface area contributed by atoms with Crippen molar-refractivity contribution in [1.82, 2.24) is 5.32 Å². The van der Waals surface area contributed by atoms with Crippen LogP contribution in [0.5, 0.6) is 0 Å². The number of hydrogen-bond donors (Lipinski definition) is 1. The molecule has 1 fully saturated rings. The van der Waals surface area contributed by atoms with Crippen molar-refractivity contribution in [3.05, 3.63) is 79.9 Å². The molecule has 0 unspecified atom stereocenters. The number of nitro groups is 2. The molecule has 0 saturated carbocycles. The highest BCUT2D eigenvalue weighted by Crippen LogP contribution is 2.37. The van der Waals surface area contributed by atoms with E-state index in [9.17, 15) is 25.0 Å². The molecule has 140 valence electrons. The van der Waals surface area contributed by atoms with E-state index in [4.69, 9.17) is 0 Å². The van der Waals surface area contributed by atoms with E-state index in [1.807, 2.05) is 6.92 Å². The molecule has 2 aromatic carbocycles. The molecule has 0 aliphatic carbocycles. The summed E-state index contributed by atoms with van der Waals surface area (Å²) in [5, 5.41) is 25.1. The summed E-state index contributed by atoms with van der Waals surface area (Å²) < 4.78 is 0. The average molecular weight is 369 g/mol. The number of hydrogen-bond acceptors (Lipinski definition) is 6. The van der Waals surface area contributed by atoms with E-state index in [0.717, 1.165) is 11.1 Å². The molecule has 3 atom stereocenters. The number of rotatable bonds is 5. The number of carbonyl (C=O) groups excluding carboxylic acids is 1. The summed E-state index contributed by atoms with van der Waals surface area (Å²) >= 11 is 0. The molecule has 0 bridgehead atoms. The van der Waals surface area contributed by atoms with Gasteiger partial charge in [0.05, 0.1) is 9.85 Å². The molecule has 8 heteroatoms. The zero-order chi connectivity index (χ0) is 19.6. The van der Waals surface area contributed by atoms with E-state index in [1.165, 1.54) is 24.3 Å². The van der Waals surface area contributed by atoms with Crippen molar-refractivity contribution in [3.63, 3.8) is 0 Å². The molecular weight excluding hydrogens is 350 g/mol. The minimum atomic E-state index is -0.462. The Morgan fingerprint density at radius 1 is 0.926 bits per heavy atom. The first kappa shape index (κ1) is 18.7. The molecule has 1 aliphatic rings. The monoisotopic (exact) mass is 369 g/mol. The van der Waals surface area contributed by atoms with E-state index < -0.39 is 9.85 Å². The molecule has 8 nitrogen and oxygen atoms in total. The first-order valence-electron chi connectivity index (χ1n) is 8.68. The highest BCUT2D eigenvalue weighted by molar-refractivity contribution is 5.83. The smallest absolute Gasteiger partial charge is 0.269 e. The molecule has 2 aromatic rings. The van der Waals surface area contributed by atoms with E-state index in [-0.39, 0.29) is 35.2 Å². The fraction of sp³-hybridized carbons (Fsp3) is 0.316. The van der Waals surface area contributed by atoms with Gasteiger partial charge in [-0.2, -0.15) is 0 Å². The Morgan fingerprint density at radius 3 is 1.85 bits per heavy atom. The number of piperidine rings is 1. The molecule has 1 aliphatic heterocycles. The normalized spacial score (nSPS) is 22.4.